The van der Waals surface area contributed by atoms with Crippen LogP contribution in [0.2, 0.25) is 0 Å². The van der Waals surface area contributed by atoms with E-state index in [2.05, 4.69) is 5.32 Å². The topological polar surface area (TPSA) is 52.7 Å². The smallest absolute Gasteiger partial charge is 0.353 e. The van der Waals surface area contributed by atoms with Crippen LogP contribution in [0.25, 0.3) is 0 Å². The van der Waals surface area contributed by atoms with Crippen LogP contribution in [0, 0.1) is 17.6 Å². The van der Waals surface area contributed by atoms with Gasteiger partial charge in [0.1, 0.15) is 11.6 Å². The molecular weight excluding hydrogens is 457 g/mol. The largest absolute Gasteiger partial charge is 0.416 e. The Morgan fingerprint density at radius 3 is 2.47 bits per heavy atom. The molecule has 0 spiro atoms. The Balaban J connectivity index is 1.27. The number of piperidine rings is 1. The maximum atomic E-state index is 14.1. The number of carbonyl (C=O) groups excluding carboxylic acids is 2. The third kappa shape index (κ3) is 5.55. The summed E-state index contributed by atoms with van der Waals surface area (Å²) in [5.74, 6) is -2.94. The number of benzene rings is 2. The molecule has 2 aromatic rings. The van der Waals surface area contributed by atoms with E-state index in [4.69, 9.17) is 0 Å². The second-order valence-corrected chi connectivity index (χ2v) is 8.76. The van der Waals surface area contributed by atoms with Crippen LogP contribution in [0.1, 0.15) is 30.4 Å². The van der Waals surface area contributed by atoms with Gasteiger partial charge < -0.3 is 10.2 Å². The fraction of sp³-hybridized carbons (Fsp3) is 0.417. The number of halogens is 5. The molecule has 0 radical (unpaired) electrons. The zero-order valence-corrected chi connectivity index (χ0v) is 18.2. The van der Waals surface area contributed by atoms with Gasteiger partial charge in [-0.05, 0) is 36.6 Å². The SMILES string of the molecule is O=C(NC1CCN(Cc2cccc(C(F)(F)F)c2)CC1)C1CC(=O)N(c2ccc(F)cc2F)C1. The number of rotatable bonds is 5. The number of hydrogen-bond donors (Lipinski definition) is 1. The first kappa shape index (κ1) is 24.1. The second-order valence-electron chi connectivity index (χ2n) is 8.76. The second kappa shape index (κ2) is 9.69. The molecule has 2 heterocycles. The summed E-state index contributed by atoms with van der Waals surface area (Å²) in [5, 5.41) is 2.94. The maximum absolute atomic E-state index is 14.1. The van der Waals surface area contributed by atoms with E-state index in [0.717, 1.165) is 23.1 Å². The van der Waals surface area contributed by atoms with Crippen molar-refractivity contribution in [1.29, 1.82) is 0 Å². The average molecular weight is 481 g/mol. The molecular formula is C24H24F5N3O2. The van der Waals surface area contributed by atoms with E-state index in [1.165, 1.54) is 12.1 Å². The molecule has 2 saturated heterocycles. The third-order valence-electron chi connectivity index (χ3n) is 6.29. The number of hydrogen-bond acceptors (Lipinski definition) is 3. The van der Waals surface area contributed by atoms with Gasteiger partial charge in [-0.2, -0.15) is 13.2 Å². The Morgan fingerprint density at radius 2 is 1.79 bits per heavy atom. The fourth-order valence-electron chi connectivity index (χ4n) is 4.47. The van der Waals surface area contributed by atoms with Gasteiger partial charge in [0.05, 0.1) is 17.2 Å². The van der Waals surface area contributed by atoms with Gasteiger partial charge in [-0.25, -0.2) is 8.78 Å². The molecule has 0 saturated carbocycles. The van der Waals surface area contributed by atoms with Crippen LogP contribution >= 0.6 is 0 Å². The van der Waals surface area contributed by atoms with Gasteiger partial charge in [-0.1, -0.05) is 18.2 Å². The number of amides is 2. The number of alkyl halides is 3. The Labute approximate surface area is 193 Å². The van der Waals surface area contributed by atoms with E-state index >= 15 is 0 Å². The van der Waals surface area contributed by atoms with Crippen molar-refractivity contribution in [2.75, 3.05) is 24.5 Å². The molecule has 0 bridgehead atoms. The van der Waals surface area contributed by atoms with Gasteiger partial charge in [-0.3, -0.25) is 14.5 Å². The molecule has 2 aromatic carbocycles. The molecule has 2 aliphatic heterocycles. The zero-order chi connectivity index (χ0) is 24.5. The number of anilines is 1. The van der Waals surface area contributed by atoms with Crippen molar-refractivity contribution in [1.82, 2.24) is 10.2 Å². The van der Waals surface area contributed by atoms with E-state index < -0.39 is 35.2 Å². The van der Waals surface area contributed by atoms with Crippen LogP contribution in [0.15, 0.2) is 42.5 Å². The summed E-state index contributed by atoms with van der Waals surface area (Å²) >= 11 is 0. The van der Waals surface area contributed by atoms with Crippen LogP contribution in [0.4, 0.5) is 27.6 Å². The lowest BCUT2D eigenvalue weighted by molar-refractivity contribution is -0.137. The minimum Gasteiger partial charge on any atom is -0.353 e. The average Bonchev–Trinajstić information content (AvgIpc) is 3.16. The minimum absolute atomic E-state index is 0.0155. The van der Waals surface area contributed by atoms with Crippen molar-refractivity contribution in [3.05, 3.63) is 65.2 Å². The van der Waals surface area contributed by atoms with E-state index in [1.54, 1.807) is 6.07 Å². The highest BCUT2D eigenvalue weighted by molar-refractivity contribution is 6.00. The van der Waals surface area contributed by atoms with Crippen molar-refractivity contribution in [2.24, 2.45) is 5.92 Å². The number of nitrogens with zero attached hydrogens (tertiary/aromatic N) is 2. The number of likely N-dealkylation sites (tertiary alicyclic amines) is 1. The molecule has 34 heavy (non-hydrogen) atoms. The molecule has 1 atom stereocenters. The highest BCUT2D eigenvalue weighted by Crippen LogP contribution is 2.30. The molecule has 0 aliphatic carbocycles. The first-order valence-corrected chi connectivity index (χ1v) is 11.0. The Hall–Kier alpha value is -3.01. The van der Waals surface area contributed by atoms with Gasteiger partial charge in [0.25, 0.3) is 0 Å². The van der Waals surface area contributed by atoms with Crippen molar-refractivity contribution in [3.8, 4) is 0 Å². The molecule has 1 unspecified atom stereocenters. The summed E-state index contributed by atoms with van der Waals surface area (Å²) in [6.45, 7) is 1.62. The minimum atomic E-state index is -4.38. The highest BCUT2D eigenvalue weighted by Gasteiger charge is 2.37. The van der Waals surface area contributed by atoms with Gasteiger partial charge in [-0.15, -0.1) is 0 Å². The van der Waals surface area contributed by atoms with Gasteiger partial charge in [0, 0.05) is 44.7 Å². The number of nitrogens with one attached hydrogen (secondary N) is 1. The zero-order valence-electron chi connectivity index (χ0n) is 18.2. The normalized spacial score (nSPS) is 20.1. The summed E-state index contributed by atoms with van der Waals surface area (Å²) in [4.78, 5) is 28.2. The number of carbonyl (C=O) groups is 2. The molecule has 10 heteroatoms. The lowest BCUT2D eigenvalue weighted by atomic mass is 10.0. The Bertz CT molecular complexity index is 1070. The van der Waals surface area contributed by atoms with E-state index in [1.807, 2.05) is 4.90 Å². The Morgan fingerprint density at radius 1 is 1.06 bits per heavy atom. The maximum Gasteiger partial charge on any atom is 0.416 e. The van der Waals surface area contributed by atoms with Crippen molar-refractivity contribution in [3.63, 3.8) is 0 Å². The molecule has 5 nitrogen and oxygen atoms in total. The predicted molar refractivity (Wildman–Crippen MR) is 115 cm³/mol. The van der Waals surface area contributed by atoms with Gasteiger partial charge in [0.15, 0.2) is 0 Å². The fourth-order valence-corrected chi connectivity index (χ4v) is 4.47. The predicted octanol–water partition coefficient (Wildman–Crippen LogP) is 4.12. The van der Waals surface area contributed by atoms with Crippen LogP contribution < -0.4 is 10.2 Å². The van der Waals surface area contributed by atoms with Crippen LogP contribution in [-0.2, 0) is 22.3 Å². The third-order valence-corrected chi connectivity index (χ3v) is 6.29. The van der Waals surface area contributed by atoms with E-state index in [-0.39, 0.29) is 30.6 Å². The molecule has 2 amide bonds. The van der Waals surface area contributed by atoms with Gasteiger partial charge in [0.2, 0.25) is 11.8 Å². The molecule has 2 aliphatic rings. The Kier molecular flexibility index (Phi) is 6.88. The molecule has 2 fully saturated rings. The van der Waals surface area contributed by atoms with E-state index in [0.29, 0.717) is 44.1 Å². The molecule has 0 aromatic heterocycles. The lowest BCUT2D eigenvalue weighted by Gasteiger charge is -2.33. The summed E-state index contributed by atoms with van der Waals surface area (Å²) in [7, 11) is 0. The molecule has 1 N–H and O–H groups in total. The van der Waals surface area contributed by atoms with Gasteiger partial charge >= 0.3 is 6.18 Å². The first-order chi connectivity index (χ1) is 16.1. The van der Waals surface area contributed by atoms with Crippen LogP contribution in [0.5, 0.6) is 0 Å². The van der Waals surface area contributed by atoms with Crippen molar-refractivity contribution in [2.45, 2.75) is 38.0 Å². The summed E-state index contributed by atoms with van der Waals surface area (Å²) in [5.41, 5.74) is -0.146. The summed E-state index contributed by atoms with van der Waals surface area (Å²) < 4.78 is 66.0. The summed E-state index contributed by atoms with van der Waals surface area (Å²) in [6, 6.07) is 8.09. The highest BCUT2D eigenvalue weighted by atomic mass is 19.4. The van der Waals surface area contributed by atoms with Crippen molar-refractivity contribution >= 4 is 17.5 Å². The summed E-state index contributed by atoms with van der Waals surface area (Å²) in [6.07, 6.45) is -3.19. The van der Waals surface area contributed by atoms with Crippen LogP contribution in [-0.4, -0.2) is 42.4 Å². The van der Waals surface area contributed by atoms with Crippen LogP contribution in [0.3, 0.4) is 0 Å². The molecule has 4 rings (SSSR count). The van der Waals surface area contributed by atoms with E-state index in [9.17, 15) is 31.5 Å². The lowest BCUT2D eigenvalue weighted by Crippen LogP contribution is -2.46. The first-order valence-electron chi connectivity index (χ1n) is 11.0. The molecule has 182 valence electrons. The standard InChI is InChI=1S/C24H24F5N3O2/c25-18-4-5-21(20(26)12-18)32-14-16(11-22(32)33)23(34)30-19-6-8-31(9-7-19)13-15-2-1-3-17(10-15)24(27,28)29/h1-5,10,12,16,19H,6-9,11,13-14H2,(H,30,34). The van der Waals surface area contributed by atoms with Crippen molar-refractivity contribution < 1.29 is 31.5 Å². The monoisotopic (exact) mass is 481 g/mol. The quantitative estimate of drug-likeness (QED) is 0.654.